The first kappa shape index (κ1) is 13.8. The molecule has 0 bridgehead atoms. The van der Waals surface area contributed by atoms with Crippen LogP contribution >= 0.6 is 0 Å². The highest BCUT2D eigenvalue weighted by Crippen LogP contribution is 2.31. The predicted octanol–water partition coefficient (Wildman–Crippen LogP) is 3.10. The lowest BCUT2D eigenvalue weighted by Gasteiger charge is -2.22. The second-order valence-electron chi connectivity index (χ2n) is 4.64. The van der Waals surface area contributed by atoms with E-state index >= 15 is 0 Å². The second-order valence-corrected chi connectivity index (χ2v) is 4.64. The maximum absolute atomic E-state index is 12.4. The van der Waals surface area contributed by atoms with Gasteiger partial charge in [-0.1, -0.05) is 19.9 Å². The van der Waals surface area contributed by atoms with Crippen molar-refractivity contribution in [2.45, 2.75) is 20.0 Å². The summed E-state index contributed by atoms with van der Waals surface area (Å²) in [6, 6.07) is 4.70. The van der Waals surface area contributed by atoms with Gasteiger partial charge in [0.15, 0.2) is 0 Å². The van der Waals surface area contributed by atoms with E-state index in [-0.39, 0.29) is 19.0 Å². The quantitative estimate of drug-likeness (QED) is 0.887. The maximum atomic E-state index is 12.4. The Hall–Kier alpha value is -1.23. The lowest BCUT2D eigenvalue weighted by atomic mass is 9.96. The summed E-state index contributed by atoms with van der Waals surface area (Å²) in [4.78, 5) is 0. The van der Waals surface area contributed by atoms with Crippen molar-refractivity contribution in [1.29, 1.82) is 0 Å². The zero-order valence-electron chi connectivity index (χ0n) is 9.71. The van der Waals surface area contributed by atoms with Crippen LogP contribution in [-0.2, 0) is 6.18 Å². The molecule has 0 atom stereocenters. The molecular formula is C12H15F3O2. The molecule has 1 rings (SSSR count). The van der Waals surface area contributed by atoms with E-state index in [0.29, 0.717) is 0 Å². The van der Waals surface area contributed by atoms with Crippen LogP contribution in [0.4, 0.5) is 13.2 Å². The molecule has 2 nitrogen and oxygen atoms in total. The van der Waals surface area contributed by atoms with Crippen molar-refractivity contribution >= 4 is 0 Å². The van der Waals surface area contributed by atoms with Gasteiger partial charge in [0.2, 0.25) is 0 Å². The second kappa shape index (κ2) is 4.96. The molecule has 0 saturated heterocycles. The van der Waals surface area contributed by atoms with Crippen LogP contribution in [-0.4, -0.2) is 18.3 Å². The fourth-order valence-electron chi connectivity index (χ4n) is 1.09. The summed E-state index contributed by atoms with van der Waals surface area (Å²) in [6.45, 7) is 3.60. The minimum atomic E-state index is -4.37. The van der Waals surface area contributed by atoms with Gasteiger partial charge in [-0.15, -0.1) is 0 Å². The largest absolute Gasteiger partial charge is 0.493 e. The highest BCUT2D eigenvalue weighted by molar-refractivity contribution is 5.30. The van der Waals surface area contributed by atoms with Crippen molar-refractivity contribution in [2.24, 2.45) is 5.41 Å². The number of rotatable bonds is 4. The number of ether oxygens (including phenoxy) is 1. The predicted molar refractivity (Wildman–Crippen MR) is 57.8 cm³/mol. The Labute approximate surface area is 98.0 Å². The summed E-state index contributed by atoms with van der Waals surface area (Å²) in [5, 5.41) is 9.00. The molecule has 0 aliphatic carbocycles. The summed E-state index contributed by atoms with van der Waals surface area (Å²) in [5.74, 6) is 0.154. The normalized spacial score (nSPS) is 12.6. The van der Waals surface area contributed by atoms with Crippen LogP contribution in [0, 0.1) is 5.41 Å². The van der Waals surface area contributed by atoms with E-state index in [2.05, 4.69) is 0 Å². The molecule has 0 radical (unpaired) electrons. The smallest absolute Gasteiger partial charge is 0.416 e. The molecule has 0 spiro atoms. The van der Waals surface area contributed by atoms with E-state index in [1.807, 2.05) is 0 Å². The van der Waals surface area contributed by atoms with Crippen LogP contribution in [0.1, 0.15) is 19.4 Å². The molecule has 0 saturated carbocycles. The third-order valence-corrected chi connectivity index (χ3v) is 2.22. The van der Waals surface area contributed by atoms with Gasteiger partial charge in [0.05, 0.1) is 18.8 Å². The summed E-state index contributed by atoms with van der Waals surface area (Å²) < 4.78 is 42.5. The third-order valence-electron chi connectivity index (χ3n) is 2.22. The molecule has 0 heterocycles. The van der Waals surface area contributed by atoms with E-state index in [1.54, 1.807) is 13.8 Å². The fourth-order valence-corrected chi connectivity index (χ4v) is 1.09. The zero-order chi connectivity index (χ0) is 13.1. The Morgan fingerprint density at radius 1 is 1.24 bits per heavy atom. The zero-order valence-corrected chi connectivity index (χ0v) is 9.71. The average molecular weight is 248 g/mol. The van der Waals surface area contributed by atoms with Crippen LogP contribution < -0.4 is 4.74 Å². The Balaban J connectivity index is 2.74. The first-order chi connectivity index (χ1) is 7.74. The monoisotopic (exact) mass is 248 g/mol. The van der Waals surface area contributed by atoms with Crippen molar-refractivity contribution in [1.82, 2.24) is 0 Å². The average Bonchev–Trinajstić information content (AvgIpc) is 2.26. The summed E-state index contributed by atoms with van der Waals surface area (Å²) in [5.41, 5.74) is -1.22. The van der Waals surface area contributed by atoms with Crippen LogP contribution in [0.5, 0.6) is 5.75 Å². The van der Waals surface area contributed by atoms with Crippen molar-refractivity contribution in [3.05, 3.63) is 29.8 Å². The van der Waals surface area contributed by atoms with Gasteiger partial charge in [0.1, 0.15) is 5.75 Å². The maximum Gasteiger partial charge on any atom is 0.416 e. The molecule has 0 fully saturated rings. The number of alkyl halides is 3. The van der Waals surface area contributed by atoms with Crippen LogP contribution in [0.3, 0.4) is 0 Å². The highest BCUT2D eigenvalue weighted by Gasteiger charge is 2.30. The Bertz CT molecular complexity index is 372. The minimum absolute atomic E-state index is 0.0913. The molecule has 1 N–H and O–H groups in total. The summed E-state index contributed by atoms with van der Waals surface area (Å²) in [6.07, 6.45) is -4.37. The first-order valence-electron chi connectivity index (χ1n) is 5.15. The Kier molecular flexibility index (Phi) is 4.03. The number of aliphatic hydroxyl groups excluding tert-OH is 1. The van der Waals surface area contributed by atoms with Gasteiger partial charge in [-0.25, -0.2) is 0 Å². The standard InChI is InChI=1S/C12H15F3O2/c1-11(2,7-16)8-17-10-5-3-4-9(6-10)12(13,14)15/h3-6,16H,7-8H2,1-2H3. The van der Waals surface area contributed by atoms with Crippen molar-refractivity contribution in [2.75, 3.05) is 13.2 Å². The van der Waals surface area contributed by atoms with Gasteiger partial charge >= 0.3 is 6.18 Å². The molecule has 17 heavy (non-hydrogen) atoms. The van der Waals surface area contributed by atoms with Crippen LogP contribution in [0.25, 0.3) is 0 Å². The summed E-state index contributed by atoms with van der Waals surface area (Å²) in [7, 11) is 0. The van der Waals surface area contributed by atoms with Gasteiger partial charge in [-0.2, -0.15) is 13.2 Å². The van der Waals surface area contributed by atoms with Crippen LogP contribution in [0.15, 0.2) is 24.3 Å². The number of benzene rings is 1. The minimum Gasteiger partial charge on any atom is -0.493 e. The van der Waals surface area contributed by atoms with Gasteiger partial charge in [0, 0.05) is 5.41 Å². The lowest BCUT2D eigenvalue weighted by Crippen LogP contribution is -2.25. The number of hydrogen-bond donors (Lipinski definition) is 1. The van der Waals surface area contributed by atoms with Crippen LogP contribution in [0.2, 0.25) is 0 Å². The SMILES string of the molecule is CC(C)(CO)COc1cccc(C(F)(F)F)c1. The van der Waals surface area contributed by atoms with Gasteiger partial charge in [0.25, 0.3) is 0 Å². The van der Waals surface area contributed by atoms with E-state index < -0.39 is 17.2 Å². The molecule has 5 heteroatoms. The molecule has 1 aromatic rings. The molecular weight excluding hydrogens is 233 g/mol. The van der Waals surface area contributed by atoms with Crippen molar-refractivity contribution in [3.8, 4) is 5.75 Å². The van der Waals surface area contributed by atoms with Crippen molar-refractivity contribution < 1.29 is 23.0 Å². The first-order valence-corrected chi connectivity index (χ1v) is 5.15. The summed E-state index contributed by atoms with van der Waals surface area (Å²) >= 11 is 0. The molecule has 96 valence electrons. The lowest BCUT2D eigenvalue weighted by molar-refractivity contribution is -0.137. The van der Waals surface area contributed by atoms with Crippen molar-refractivity contribution in [3.63, 3.8) is 0 Å². The van der Waals surface area contributed by atoms with Gasteiger partial charge in [-0.3, -0.25) is 0 Å². The molecule has 0 aromatic heterocycles. The number of halogens is 3. The fraction of sp³-hybridized carbons (Fsp3) is 0.500. The van der Waals surface area contributed by atoms with E-state index in [0.717, 1.165) is 12.1 Å². The topological polar surface area (TPSA) is 29.5 Å². The van der Waals surface area contributed by atoms with Gasteiger partial charge in [-0.05, 0) is 18.2 Å². The Morgan fingerprint density at radius 2 is 1.88 bits per heavy atom. The third kappa shape index (κ3) is 4.26. The molecule has 0 amide bonds. The van der Waals surface area contributed by atoms with E-state index in [9.17, 15) is 13.2 Å². The number of aliphatic hydroxyl groups is 1. The molecule has 0 unspecified atom stereocenters. The molecule has 0 aliphatic rings. The molecule has 0 aliphatic heterocycles. The van der Waals surface area contributed by atoms with E-state index in [4.69, 9.17) is 9.84 Å². The van der Waals surface area contributed by atoms with Gasteiger partial charge < -0.3 is 9.84 Å². The highest BCUT2D eigenvalue weighted by atomic mass is 19.4. The molecule has 1 aromatic carbocycles. The number of hydrogen-bond acceptors (Lipinski definition) is 2. The Morgan fingerprint density at radius 3 is 2.41 bits per heavy atom. The van der Waals surface area contributed by atoms with E-state index in [1.165, 1.54) is 12.1 Å².